The van der Waals surface area contributed by atoms with E-state index in [2.05, 4.69) is 27.8 Å². The highest BCUT2D eigenvalue weighted by atomic mass is 16.7. The lowest BCUT2D eigenvalue weighted by atomic mass is 9.80. The summed E-state index contributed by atoms with van der Waals surface area (Å²) in [5.41, 5.74) is 6.76. The third kappa shape index (κ3) is 13.1. The van der Waals surface area contributed by atoms with Crippen LogP contribution >= 0.6 is 0 Å². The quantitative estimate of drug-likeness (QED) is 0.0347. The molecular weight excluding hydrogens is 1060 g/mol. The first kappa shape index (κ1) is 56.6. The number of amides is 3. The van der Waals surface area contributed by atoms with E-state index >= 15 is 0 Å². The van der Waals surface area contributed by atoms with Gasteiger partial charge < -0.3 is 53.8 Å². The van der Waals surface area contributed by atoms with Crippen molar-refractivity contribution in [1.29, 1.82) is 0 Å². The van der Waals surface area contributed by atoms with Crippen molar-refractivity contribution in [1.82, 2.24) is 19.8 Å². The molecule has 10 rings (SSSR count). The highest BCUT2D eigenvalue weighted by molar-refractivity contribution is 6.03. The van der Waals surface area contributed by atoms with E-state index in [9.17, 15) is 29.1 Å². The second-order valence-corrected chi connectivity index (χ2v) is 19.9. The van der Waals surface area contributed by atoms with Crippen molar-refractivity contribution in [2.75, 3.05) is 52.9 Å². The first-order valence-corrected chi connectivity index (χ1v) is 27.0. The molecule has 18 nitrogen and oxygen atoms in total. The van der Waals surface area contributed by atoms with Crippen molar-refractivity contribution in [3.63, 3.8) is 0 Å². The summed E-state index contributed by atoms with van der Waals surface area (Å²) < 4.78 is 41.6. The molecule has 0 spiro atoms. The molecule has 3 amide bonds. The van der Waals surface area contributed by atoms with Gasteiger partial charge in [-0.2, -0.15) is 4.98 Å². The lowest BCUT2D eigenvalue weighted by molar-refractivity contribution is -0.120. The predicted molar refractivity (Wildman–Crippen MR) is 307 cm³/mol. The molecule has 1 fully saturated rings. The van der Waals surface area contributed by atoms with E-state index < -0.39 is 47.9 Å². The fourth-order valence-corrected chi connectivity index (χ4v) is 10.3. The largest absolute Gasteiger partial charge is 0.513 e. The fraction of sp³-hybridized carbons (Fsp3) is 0.231. The van der Waals surface area contributed by atoms with Crippen molar-refractivity contribution in [3.8, 4) is 28.4 Å². The van der Waals surface area contributed by atoms with Crippen LogP contribution in [-0.4, -0.2) is 103 Å². The number of methoxy groups -OCH3 is 2. The maximum absolute atomic E-state index is 13.4. The minimum Gasteiger partial charge on any atom is -0.497 e. The molecule has 1 aliphatic carbocycles. The number of aliphatic hydroxyl groups excluding tert-OH is 1. The smallest absolute Gasteiger partial charge is 0.497 e. The molecule has 3 N–H and O–H groups in total. The summed E-state index contributed by atoms with van der Waals surface area (Å²) in [5.74, 6) is 0.729. The number of hydrogen-bond donors (Lipinski definition) is 3. The molecule has 2 heterocycles. The molecule has 1 aromatic heterocycles. The van der Waals surface area contributed by atoms with Gasteiger partial charge in [0.05, 0.1) is 39.9 Å². The minimum atomic E-state index is -1.16. The highest BCUT2D eigenvalue weighted by Gasteiger charge is 2.42. The molecule has 0 saturated carbocycles. The molecule has 0 bridgehead atoms. The van der Waals surface area contributed by atoms with Gasteiger partial charge in [0.1, 0.15) is 54.2 Å². The second-order valence-electron chi connectivity index (χ2n) is 19.9. The number of nitrogens with one attached hydrogen (secondary N) is 2. The summed E-state index contributed by atoms with van der Waals surface area (Å²) in [4.78, 5) is 70.3. The summed E-state index contributed by atoms with van der Waals surface area (Å²) in [6.45, 7) is 0.268. The van der Waals surface area contributed by atoms with Crippen LogP contribution in [0.25, 0.3) is 11.1 Å². The molecule has 7 aromatic carbocycles. The van der Waals surface area contributed by atoms with Crippen molar-refractivity contribution in [2.45, 2.75) is 49.3 Å². The number of hydrogen-bond acceptors (Lipinski definition) is 14. The summed E-state index contributed by atoms with van der Waals surface area (Å²) in [7, 11) is 4.76. The van der Waals surface area contributed by atoms with Crippen LogP contribution in [0.3, 0.4) is 0 Å². The lowest BCUT2D eigenvalue weighted by Gasteiger charge is -2.37. The van der Waals surface area contributed by atoms with Crippen LogP contribution in [0, 0.1) is 0 Å². The number of fused-ring (bicyclic) bond motifs is 3. The molecule has 1 unspecified atom stereocenters. The Hall–Kier alpha value is -9.62. The maximum atomic E-state index is 13.4. The molecule has 3 atom stereocenters. The normalized spacial score (nSPS) is 15.3. The van der Waals surface area contributed by atoms with E-state index in [4.69, 9.17) is 33.2 Å². The molecule has 83 heavy (non-hydrogen) atoms. The lowest BCUT2D eigenvalue weighted by Crippen LogP contribution is -2.38. The number of benzene rings is 7. The van der Waals surface area contributed by atoms with Gasteiger partial charge in [-0.05, 0) is 105 Å². The fourth-order valence-electron chi connectivity index (χ4n) is 10.3. The van der Waals surface area contributed by atoms with E-state index in [1.807, 2.05) is 115 Å². The number of nitrogens with zero attached hydrogens (tertiary/aromatic N) is 3. The number of ether oxygens (including phenoxy) is 7. The first-order valence-electron chi connectivity index (χ1n) is 27.0. The van der Waals surface area contributed by atoms with Crippen molar-refractivity contribution in [2.24, 2.45) is 0 Å². The van der Waals surface area contributed by atoms with E-state index in [0.717, 1.165) is 44.5 Å². The van der Waals surface area contributed by atoms with Crippen LogP contribution < -0.4 is 30.5 Å². The topological polar surface area (TPSA) is 215 Å². The van der Waals surface area contributed by atoms with Gasteiger partial charge in [-0.3, -0.25) is 14.2 Å². The van der Waals surface area contributed by atoms with Crippen molar-refractivity contribution >= 4 is 29.9 Å². The summed E-state index contributed by atoms with van der Waals surface area (Å²) in [5, 5.41) is 16.9. The van der Waals surface area contributed by atoms with Crippen LogP contribution in [0.2, 0.25) is 0 Å². The molecular formula is C65H61N5O13. The van der Waals surface area contributed by atoms with E-state index in [1.165, 1.54) is 21.7 Å². The van der Waals surface area contributed by atoms with Gasteiger partial charge in [0.25, 0.3) is 5.91 Å². The Morgan fingerprint density at radius 2 is 1.27 bits per heavy atom. The van der Waals surface area contributed by atoms with Crippen LogP contribution in [0.4, 0.5) is 15.4 Å². The van der Waals surface area contributed by atoms with E-state index in [0.29, 0.717) is 22.6 Å². The number of carbonyl (C=O) groups is 4. The monoisotopic (exact) mass is 1120 g/mol. The van der Waals surface area contributed by atoms with Crippen molar-refractivity contribution < 1.29 is 57.4 Å². The van der Waals surface area contributed by atoms with Crippen molar-refractivity contribution in [3.05, 3.63) is 243 Å². The number of anilines is 1. The van der Waals surface area contributed by atoms with Gasteiger partial charge in [-0.1, -0.05) is 127 Å². The maximum Gasteiger partial charge on any atom is 0.513 e. The predicted octanol–water partition coefficient (Wildman–Crippen LogP) is 9.43. The minimum absolute atomic E-state index is 0.0190. The Morgan fingerprint density at radius 1 is 0.687 bits per heavy atom. The first-order chi connectivity index (χ1) is 40.4. The molecule has 1 saturated heterocycles. The molecule has 2 aliphatic rings. The van der Waals surface area contributed by atoms with Gasteiger partial charge in [0.15, 0.2) is 0 Å². The average molecular weight is 1120 g/mol. The standard InChI is InChI=1S/C65H61N5O13/c1-69(63(75)80-40-55-53-15-9-7-13-51(53)52-14-8-10-16-54(52)55)35-36-79-64(76)82-50-27-19-42(20-28-50)37-59(72)66-39-43-17-21-44(22-18-43)61(73)67-58-33-34-70(62(74)68-58)60-38-56(71)57(83-60)41-81-65(45-11-5-4-6-12-45,46-23-29-48(77-2)30-24-46)47-25-31-49(78-3)32-26-47/h4-34,55-57,60,71H,35-41H2,1-3H3,(H,66,72)(H,67,68,73,74)/t56?,57-,60-/m1/s1. The molecule has 0 radical (unpaired) electrons. The van der Waals surface area contributed by atoms with E-state index in [1.54, 1.807) is 69.8 Å². The van der Waals surface area contributed by atoms with Crippen LogP contribution in [0.5, 0.6) is 17.2 Å². The molecule has 424 valence electrons. The SMILES string of the molecule is COc1ccc(C(OC[C@H]2O[C@@H](n3ccc(NC(=O)c4ccc(CNC(=O)Cc5ccc(OC(=O)OCCN(C)C(=O)OCC6c7ccccc7-c7ccccc76)cc5)cc4)nc3=O)CC2O)(c2ccccc2)c2ccc(OC)cc2)cc1. The van der Waals surface area contributed by atoms with Crippen LogP contribution in [-0.2, 0) is 42.3 Å². The Morgan fingerprint density at radius 3 is 1.88 bits per heavy atom. The van der Waals surface area contributed by atoms with Gasteiger partial charge >= 0.3 is 17.9 Å². The highest BCUT2D eigenvalue weighted by Crippen LogP contribution is 2.45. The summed E-state index contributed by atoms with van der Waals surface area (Å²) >= 11 is 0. The molecule has 1 aliphatic heterocycles. The Bertz CT molecular complexity index is 3520. The summed E-state index contributed by atoms with van der Waals surface area (Å²) in [6, 6.07) is 55.5. The number of aromatic nitrogens is 2. The van der Waals surface area contributed by atoms with Gasteiger partial charge in [0.2, 0.25) is 5.91 Å². The molecule has 8 aromatic rings. The third-order valence-corrected chi connectivity index (χ3v) is 14.7. The number of aliphatic hydroxyl groups is 1. The Kier molecular flexibility index (Phi) is 17.7. The zero-order valence-electron chi connectivity index (χ0n) is 45.8. The second kappa shape index (κ2) is 25.9. The molecule has 18 heteroatoms. The number of carbonyl (C=O) groups excluding carboxylic acids is 4. The Labute approximate surface area is 479 Å². The third-order valence-electron chi connectivity index (χ3n) is 14.7. The zero-order chi connectivity index (χ0) is 57.9. The van der Waals surface area contributed by atoms with Crippen LogP contribution in [0.15, 0.2) is 193 Å². The van der Waals surface area contributed by atoms with Crippen LogP contribution in [0.1, 0.15) is 67.9 Å². The number of rotatable bonds is 21. The van der Waals surface area contributed by atoms with Gasteiger partial charge in [-0.15, -0.1) is 0 Å². The zero-order valence-corrected chi connectivity index (χ0v) is 45.8. The van der Waals surface area contributed by atoms with Gasteiger partial charge in [-0.25, -0.2) is 14.4 Å². The number of likely N-dealkylation sites (N-methyl/N-ethyl adjacent to an activating group) is 1. The average Bonchev–Trinajstić information content (AvgIpc) is 3.45. The Balaban J connectivity index is 0.656. The summed E-state index contributed by atoms with van der Waals surface area (Å²) in [6.07, 6.45) is -2.60. The van der Waals surface area contributed by atoms with E-state index in [-0.39, 0.29) is 69.1 Å². The van der Waals surface area contributed by atoms with Gasteiger partial charge in [0, 0.05) is 37.7 Å².